The minimum Gasteiger partial charge on any atom is -0.373 e. The van der Waals surface area contributed by atoms with Gasteiger partial charge in [-0.25, -0.2) is 0 Å². The summed E-state index contributed by atoms with van der Waals surface area (Å²) in [6.07, 6.45) is 5.84. The molecule has 6 heteroatoms. The van der Waals surface area contributed by atoms with Gasteiger partial charge in [-0.2, -0.15) is 0 Å². The molecule has 2 amide bonds. The molecule has 3 N–H and O–H groups in total. The van der Waals surface area contributed by atoms with Crippen LogP contribution in [0.5, 0.6) is 0 Å². The number of carbonyl (C=O) groups is 2. The van der Waals surface area contributed by atoms with Gasteiger partial charge in [0.15, 0.2) is 0 Å². The lowest BCUT2D eigenvalue weighted by atomic mass is 9.94. The van der Waals surface area contributed by atoms with Crippen LogP contribution >= 0.6 is 0 Å². The van der Waals surface area contributed by atoms with Crippen LogP contribution in [0.1, 0.15) is 67.7 Å². The third kappa shape index (κ3) is 7.18. The van der Waals surface area contributed by atoms with Crippen LogP contribution in [0.15, 0.2) is 97.1 Å². The maximum absolute atomic E-state index is 13.8. The van der Waals surface area contributed by atoms with Crippen LogP contribution in [-0.2, 0) is 34.6 Å². The highest BCUT2D eigenvalue weighted by Crippen LogP contribution is 2.49. The fraction of sp³-hybridized carbons (Fsp3) is 0.350. The molecular weight excluding hydrogens is 568 g/mol. The maximum Gasteiger partial charge on any atom is 0.235 e. The smallest absolute Gasteiger partial charge is 0.235 e. The first kappa shape index (κ1) is 31.6. The summed E-state index contributed by atoms with van der Waals surface area (Å²) in [5.74, 6) is 0.415. The number of rotatable bonds is 14. The largest absolute Gasteiger partial charge is 0.373 e. The predicted octanol–water partition coefficient (Wildman–Crippen LogP) is 7.66. The molecule has 238 valence electrons. The topological polar surface area (TPSA) is 78.7 Å². The number of carbonyl (C=O) groups excluding carboxylic acids is 2. The fourth-order valence-corrected chi connectivity index (χ4v) is 6.38. The Balaban J connectivity index is 1.27. The quantitative estimate of drug-likeness (QED) is 0.153. The Hall–Kier alpha value is -4.42. The van der Waals surface area contributed by atoms with Crippen molar-refractivity contribution >= 4 is 23.2 Å². The van der Waals surface area contributed by atoms with E-state index in [1.54, 1.807) is 0 Å². The van der Waals surface area contributed by atoms with E-state index < -0.39 is 5.41 Å². The van der Waals surface area contributed by atoms with E-state index in [4.69, 9.17) is 5.73 Å². The van der Waals surface area contributed by atoms with Crippen molar-refractivity contribution in [1.29, 1.82) is 0 Å². The van der Waals surface area contributed by atoms with Crippen molar-refractivity contribution in [1.82, 2.24) is 4.90 Å². The van der Waals surface area contributed by atoms with Crippen molar-refractivity contribution in [3.05, 3.63) is 119 Å². The van der Waals surface area contributed by atoms with Crippen molar-refractivity contribution in [3.8, 4) is 11.1 Å². The van der Waals surface area contributed by atoms with Gasteiger partial charge in [-0.1, -0.05) is 92.2 Å². The number of nitrogens with one attached hydrogen (secondary N) is 1. The summed E-state index contributed by atoms with van der Waals surface area (Å²) in [6.45, 7) is 4.69. The van der Waals surface area contributed by atoms with Crippen molar-refractivity contribution in [2.45, 2.75) is 70.5 Å². The van der Waals surface area contributed by atoms with Crippen molar-refractivity contribution in [3.63, 3.8) is 0 Å². The number of unbranched alkanes of at least 4 members (excludes halogenated alkanes) is 1. The molecule has 6 nitrogen and oxygen atoms in total. The molecule has 4 aromatic carbocycles. The van der Waals surface area contributed by atoms with E-state index in [1.807, 2.05) is 35.2 Å². The molecular formula is C40H46N4O2. The summed E-state index contributed by atoms with van der Waals surface area (Å²) in [5.41, 5.74) is 13.7. The first-order chi connectivity index (χ1) is 22.4. The predicted molar refractivity (Wildman–Crippen MR) is 187 cm³/mol. The second-order valence-electron chi connectivity index (χ2n) is 13.1. The lowest BCUT2D eigenvalue weighted by Crippen LogP contribution is -2.31. The zero-order chi connectivity index (χ0) is 32.1. The van der Waals surface area contributed by atoms with Crippen LogP contribution in [0.25, 0.3) is 11.1 Å². The van der Waals surface area contributed by atoms with Crippen LogP contribution in [-0.4, -0.2) is 30.3 Å². The Labute approximate surface area is 273 Å². The minimum atomic E-state index is -0.461. The van der Waals surface area contributed by atoms with Crippen LogP contribution in [0, 0.1) is 5.92 Å². The molecule has 0 atom stereocenters. The standard InChI is InChI=1S/C40H46N4O2/c1-3-4-22-43(2)37-19-18-34(25-36(37)42-39(46)40(20-21-40)35-14-6-5-7-15-35)33-13-9-12-31(24-33)28-44(38(45)32-16-17-32)27-30-11-8-10-29(23-30)26-41/h5-15,18-19,23-25,32H,3-4,16-17,20-22,26-28,41H2,1-2H3,(H,42,46). The van der Waals surface area contributed by atoms with Gasteiger partial charge in [0.2, 0.25) is 11.8 Å². The summed E-state index contributed by atoms with van der Waals surface area (Å²) >= 11 is 0. The highest BCUT2D eigenvalue weighted by Gasteiger charge is 2.51. The Morgan fingerprint density at radius 2 is 1.50 bits per heavy atom. The van der Waals surface area contributed by atoms with Gasteiger partial charge in [-0.05, 0) is 83.7 Å². The Kier molecular flexibility index (Phi) is 9.55. The zero-order valence-electron chi connectivity index (χ0n) is 27.2. The number of benzene rings is 4. The van der Waals surface area contributed by atoms with Gasteiger partial charge in [-0.3, -0.25) is 9.59 Å². The molecule has 2 fully saturated rings. The first-order valence-electron chi connectivity index (χ1n) is 16.8. The highest BCUT2D eigenvalue weighted by molar-refractivity contribution is 6.04. The lowest BCUT2D eigenvalue weighted by molar-refractivity contribution is -0.133. The molecule has 0 aliphatic heterocycles. The number of anilines is 2. The maximum atomic E-state index is 13.8. The summed E-state index contributed by atoms with van der Waals surface area (Å²) in [7, 11) is 2.10. The van der Waals surface area contributed by atoms with Crippen molar-refractivity contribution in [2.75, 3.05) is 23.8 Å². The number of amides is 2. The van der Waals surface area contributed by atoms with Crippen LogP contribution in [0.4, 0.5) is 11.4 Å². The number of hydrogen-bond donors (Lipinski definition) is 2. The molecule has 0 saturated heterocycles. The van der Waals surface area contributed by atoms with E-state index in [-0.39, 0.29) is 17.7 Å². The van der Waals surface area contributed by atoms with Gasteiger partial charge >= 0.3 is 0 Å². The van der Waals surface area contributed by atoms with Crippen molar-refractivity contribution < 1.29 is 9.59 Å². The summed E-state index contributed by atoms with van der Waals surface area (Å²) in [6, 6.07) is 33.2. The third-order valence-electron chi connectivity index (χ3n) is 9.49. The van der Waals surface area contributed by atoms with Gasteiger partial charge < -0.3 is 20.9 Å². The highest BCUT2D eigenvalue weighted by atomic mass is 16.2. The van der Waals surface area contributed by atoms with E-state index in [1.165, 1.54) is 0 Å². The molecule has 0 spiro atoms. The normalized spacial score (nSPS) is 14.8. The zero-order valence-corrected chi connectivity index (χ0v) is 27.2. The number of nitrogens with zero attached hydrogens (tertiary/aromatic N) is 2. The Bertz CT molecular complexity index is 1680. The minimum absolute atomic E-state index is 0.0580. The van der Waals surface area contributed by atoms with E-state index in [9.17, 15) is 9.59 Å². The molecule has 0 bridgehead atoms. The fourth-order valence-electron chi connectivity index (χ4n) is 6.38. The molecule has 0 radical (unpaired) electrons. The Morgan fingerprint density at radius 1 is 0.826 bits per heavy atom. The molecule has 4 aromatic rings. The third-order valence-corrected chi connectivity index (χ3v) is 9.49. The van der Waals surface area contributed by atoms with Gasteiger partial charge in [-0.15, -0.1) is 0 Å². The lowest BCUT2D eigenvalue weighted by Gasteiger charge is -2.25. The first-order valence-corrected chi connectivity index (χ1v) is 16.8. The summed E-state index contributed by atoms with van der Waals surface area (Å²) in [4.78, 5) is 31.5. The summed E-state index contributed by atoms with van der Waals surface area (Å²) in [5, 5.41) is 3.35. The van der Waals surface area contributed by atoms with Crippen LogP contribution in [0.2, 0.25) is 0 Å². The molecule has 46 heavy (non-hydrogen) atoms. The average molecular weight is 615 g/mol. The van der Waals surface area contributed by atoms with Gasteiger partial charge in [0.05, 0.1) is 16.8 Å². The van der Waals surface area contributed by atoms with E-state index in [0.717, 1.165) is 89.8 Å². The second kappa shape index (κ2) is 13.9. The molecule has 0 unspecified atom stereocenters. The van der Waals surface area contributed by atoms with Crippen LogP contribution < -0.4 is 16.0 Å². The average Bonchev–Trinajstić information content (AvgIpc) is 4.02. The molecule has 0 heterocycles. The SMILES string of the molecule is CCCCN(C)c1ccc(-c2cccc(CN(Cc3cccc(CN)c3)C(=O)C3CC3)c2)cc1NC(=O)C1(c2ccccc2)CC1. The molecule has 0 aromatic heterocycles. The van der Waals surface area contributed by atoms with E-state index in [2.05, 4.69) is 90.9 Å². The number of nitrogens with two attached hydrogens (primary N) is 1. The van der Waals surface area contributed by atoms with Gasteiger partial charge in [0, 0.05) is 39.1 Å². The molecule has 2 saturated carbocycles. The molecule has 2 aliphatic rings. The van der Waals surface area contributed by atoms with Crippen molar-refractivity contribution in [2.24, 2.45) is 11.7 Å². The van der Waals surface area contributed by atoms with Gasteiger partial charge in [0.1, 0.15) is 0 Å². The second-order valence-corrected chi connectivity index (χ2v) is 13.1. The molecule has 2 aliphatic carbocycles. The number of hydrogen-bond acceptors (Lipinski definition) is 4. The molecule has 6 rings (SSSR count). The van der Waals surface area contributed by atoms with Gasteiger partial charge in [0.25, 0.3) is 0 Å². The summed E-state index contributed by atoms with van der Waals surface area (Å²) < 4.78 is 0. The van der Waals surface area contributed by atoms with E-state index in [0.29, 0.717) is 19.6 Å². The van der Waals surface area contributed by atoms with Crippen LogP contribution in [0.3, 0.4) is 0 Å². The Morgan fingerprint density at radius 3 is 2.17 bits per heavy atom. The monoisotopic (exact) mass is 614 g/mol. The van der Waals surface area contributed by atoms with E-state index >= 15 is 0 Å².